The average molecular weight is 205 g/mol. The molecule has 1 aromatic rings. The molecule has 1 amide bonds. The lowest BCUT2D eigenvalue weighted by atomic mass is 10.2. The molecule has 3 nitrogen and oxygen atoms in total. The lowest BCUT2D eigenvalue weighted by molar-refractivity contribution is 0.0952. The summed E-state index contributed by atoms with van der Waals surface area (Å²) in [5.41, 5.74) is 0.519. The highest BCUT2D eigenvalue weighted by Crippen LogP contribution is 2.31. The first kappa shape index (κ1) is 10.0. The molecule has 15 heavy (non-hydrogen) atoms. The number of carbonyl (C=O) groups is 1. The SMILES string of the molecule is O=C(NCCC1CC1)c1cccc(O)c1. The van der Waals surface area contributed by atoms with E-state index in [1.807, 2.05) is 0 Å². The van der Waals surface area contributed by atoms with Crippen LogP contribution >= 0.6 is 0 Å². The number of benzene rings is 1. The Bertz CT molecular complexity index is 358. The quantitative estimate of drug-likeness (QED) is 0.789. The van der Waals surface area contributed by atoms with Crippen molar-refractivity contribution in [3.63, 3.8) is 0 Å². The molecule has 0 aliphatic heterocycles. The highest BCUT2D eigenvalue weighted by molar-refractivity contribution is 5.94. The van der Waals surface area contributed by atoms with Crippen LogP contribution in [0.4, 0.5) is 0 Å². The zero-order chi connectivity index (χ0) is 10.7. The van der Waals surface area contributed by atoms with E-state index in [-0.39, 0.29) is 11.7 Å². The molecule has 0 aromatic heterocycles. The molecule has 3 heteroatoms. The van der Waals surface area contributed by atoms with Gasteiger partial charge in [0.1, 0.15) is 5.75 Å². The number of phenols is 1. The molecule has 0 spiro atoms. The monoisotopic (exact) mass is 205 g/mol. The largest absolute Gasteiger partial charge is 0.508 e. The Hall–Kier alpha value is -1.51. The Morgan fingerprint density at radius 1 is 1.47 bits per heavy atom. The van der Waals surface area contributed by atoms with Crippen LogP contribution in [0.15, 0.2) is 24.3 Å². The summed E-state index contributed by atoms with van der Waals surface area (Å²) < 4.78 is 0. The van der Waals surface area contributed by atoms with Gasteiger partial charge >= 0.3 is 0 Å². The van der Waals surface area contributed by atoms with Crippen LogP contribution in [0.5, 0.6) is 5.75 Å². The predicted molar refractivity (Wildman–Crippen MR) is 57.8 cm³/mol. The highest BCUT2D eigenvalue weighted by Gasteiger charge is 2.20. The minimum absolute atomic E-state index is 0.105. The maximum absolute atomic E-state index is 11.6. The van der Waals surface area contributed by atoms with Crippen LogP contribution in [-0.4, -0.2) is 17.6 Å². The molecule has 1 saturated carbocycles. The fourth-order valence-electron chi connectivity index (χ4n) is 1.55. The molecule has 0 saturated heterocycles. The Labute approximate surface area is 89.1 Å². The number of carbonyl (C=O) groups excluding carboxylic acids is 1. The van der Waals surface area contributed by atoms with Crippen LogP contribution in [0, 0.1) is 5.92 Å². The summed E-state index contributed by atoms with van der Waals surface area (Å²) >= 11 is 0. The van der Waals surface area contributed by atoms with Gasteiger partial charge in [-0.25, -0.2) is 0 Å². The van der Waals surface area contributed by atoms with Crippen LogP contribution in [0.1, 0.15) is 29.6 Å². The van der Waals surface area contributed by atoms with Gasteiger partial charge in [0.15, 0.2) is 0 Å². The molecule has 0 atom stereocenters. The van der Waals surface area contributed by atoms with E-state index in [4.69, 9.17) is 0 Å². The van der Waals surface area contributed by atoms with Crippen LogP contribution in [0.2, 0.25) is 0 Å². The van der Waals surface area contributed by atoms with Crippen molar-refractivity contribution in [1.29, 1.82) is 0 Å². The number of rotatable bonds is 4. The fraction of sp³-hybridized carbons (Fsp3) is 0.417. The number of nitrogens with one attached hydrogen (secondary N) is 1. The van der Waals surface area contributed by atoms with Gasteiger partial charge in [-0.05, 0) is 30.5 Å². The second kappa shape index (κ2) is 4.34. The van der Waals surface area contributed by atoms with E-state index in [1.165, 1.54) is 18.9 Å². The fourth-order valence-corrected chi connectivity index (χ4v) is 1.55. The van der Waals surface area contributed by atoms with Crippen molar-refractivity contribution >= 4 is 5.91 Å². The third-order valence-electron chi connectivity index (χ3n) is 2.64. The van der Waals surface area contributed by atoms with E-state index in [0.717, 1.165) is 18.9 Å². The molecule has 0 unspecified atom stereocenters. The number of hydrogen-bond acceptors (Lipinski definition) is 2. The van der Waals surface area contributed by atoms with Gasteiger partial charge < -0.3 is 10.4 Å². The molecule has 1 aromatic carbocycles. The molecule has 80 valence electrons. The molecule has 2 N–H and O–H groups in total. The Morgan fingerprint density at radius 2 is 2.27 bits per heavy atom. The molecule has 0 bridgehead atoms. The van der Waals surface area contributed by atoms with E-state index in [1.54, 1.807) is 18.2 Å². The first-order valence-electron chi connectivity index (χ1n) is 5.33. The molecular weight excluding hydrogens is 190 g/mol. The minimum atomic E-state index is -0.105. The summed E-state index contributed by atoms with van der Waals surface area (Å²) in [4.78, 5) is 11.6. The van der Waals surface area contributed by atoms with Crippen LogP contribution in [0.25, 0.3) is 0 Å². The van der Waals surface area contributed by atoms with E-state index in [9.17, 15) is 9.90 Å². The number of hydrogen-bond donors (Lipinski definition) is 2. The number of amides is 1. The lowest BCUT2D eigenvalue weighted by Crippen LogP contribution is -2.24. The lowest BCUT2D eigenvalue weighted by Gasteiger charge is -2.04. The molecule has 2 rings (SSSR count). The number of phenolic OH excluding ortho intramolecular Hbond substituents is 1. The van der Waals surface area contributed by atoms with Gasteiger partial charge in [-0.1, -0.05) is 18.9 Å². The normalized spacial score (nSPS) is 14.9. The summed E-state index contributed by atoms with van der Waals surface area (Å²) in [5.74, 6) is 0.853. The van der Waals surface area contributed by atoms with E-state index >= 15 is 0 Å². The van der Waals surface area contributed by atoms with Crippen molar-refractivity contribution in [3.05, 3.63) is 29.8 Å². The molecule has 0 heterocycles. The summed E-state index contributed by atoms with van der Waals surface area (Å²) in [6.45, 7) is 0.735. The van der Waals surface area contributed by atoms with Crippen LogP contribution in [-0.2, 0) is 0 Å². The van der Waals surface area contributed by atoms with Gasteiger partial charge in [-0.2, -0.15) is 0 Å². The van der Waals surface area contributed by atoms with Gasteiger partial charge in [0.2, 0.25) is 0 Å². The van der Waals surface area contributed by atoms with Gasteiger partial charge in [-0.15, -0.1) is 0 Å². The molecule has 1 aliphatic rings. The summed E-state index contributed by atoms with van der Waals surface area (Å²) in [7, 11) is 0. The van der Waals surface area contributed by atoms with Crippen molar-refractivity contribution in [2.45, 2.75) is 19.3 Å². The summed E-state index contributed by atoms with van der Waals surface area (Å²) in [5, 5.41) is 12.1. The zero-order valence-corrected chi connectivity index (χ0v) is 8.57. The van der Waals surface area contributed by atoms with Crippen molar-refractivity contribution in [3.8, 4) is 5.75 Å². The van der Waals surface area contributed by atoms with E-state index in [2.05, 4.69) is 5.32 Å². The van der Waals surface area contributed by atoms with Crippen LogP contribution < -0.4 is 5.32 Å². The third-order valence-corrected chi connectivity index (χ3v) is 2.64. The maximum atomic E-state index is 11.6. The van der Waals surface area contributed by atoms with Crippen LogP contribution in [0.3, 0.4) is 0 Å². The first-order chi connectivity index (χ1) is 7.25. The van der Waals surface area contributed by atoms with Crippen molar-refractivity contribution < 1.29 is 9.90 Å². The highest BCUT2D eigenvalue weighted by atomic mass is 16.3. The Morgan fingerprint density at radius 3 is 2.93 bits per heavy atom. The predicted octanol–water partition coefficient (Wildman–Crippen LogP) is 1.92. The van der Waals surface area contributed by atoms with Gasteiger partial charge in [-0.3, -0.25) is 4.79 Å². The molecule has 0 radical (unpaired) electrons. The van der Waals surface area contributed by atoms with Gasteiger partial charge in [0, 0.05) is 12.1 Å². The molecular formula is C12H15NO2. The smallest absolute Gasteiger partial charge is 0.251 e. The maximum Gasteiger partial charge on any atom is 0.251 e. The molecule has 1 aliphatic carbocycles. The van der Waals surface area contributed by atoms with Crippen molar-refractivity contribution in [1.82, 2.24) is 5.32 Å². The zero-order valence-electron chi connectivity index (χ0n) is 8.57. The Balaban J connectivity index is 1.83. The summed E-state index contributed by atoms with van der Waals surface area (Å²) in [6, 6.07) is 6.41. The van der Waals surface area contributed by atoms with E-state index < -0.39 is 0 Å². The topological polar surface area (TPSA) is 49.3 Å². The van der Waals surface area contributed by atoms with Gasteiger partial charge in [0.05, 0.1) is 0 Å². The minimum Gasteiger partial charge on any atom is -0.508 e. The summed E-state index contributed by atoms with van der Waals surface area (Å²) in [6.07, 6.45) is 3.69. The second-order valence-corrected chi connectivity index (χ2v) is 4.04. The third kappa shape index (κ3) is 2.98. The van der Waals surface area contributed by atoms with Gasteiger partial charge in [0.25, 0.3) is 5.91 Å². The van der Waals surface area contributed by atoms with Crippen molar-refractivity contribution in [2.75, 3.05) is 6.54 Å². The molecule has 1 fully saturated rings. The second-order valence-electron chi connectivity index (χ2n) is 4.04. The average Bonchev–Trinajstić information content (AvgIpc) is 3.01. The number of aromatic hydroxyl groups is 1. The Kier molecular flexibility index (Phi) is 2.90. The first-order valence-corrected chi connectivity index (χ1v) is 5.33. The van der Waals surface area contributed by atoms with E-state index in [0.29, 0.717) is 5.56 Å². The van der Waals surface area contributed by atoms with Crippen molar-refractivity contribution in [2.24, 2.45) is 5.92 Å². The standard InChI is InChI=1S/C12H15NO2/c14-11-3-1-2-10(8-11)12(15)13-7-6-9-4-5-9/h1-3,8-9,14H,4-7H2,(H,13,15).